The van der Waals surface area contributed by atoms with Gasteiger partial charge in [-0.1, -0.05) is 164 Å². The summed E-state index contributed by atoms with van der Waals surface area (Å²) in [7, 11) is 0. The van der Waals surface area contributed by atoms with Crippen molar-refractivity contribution in [3.05, 3.63) is 260 Å². The molecule has 10 aromatic carbocycles. The number of aromatic nitrogens is 4. The zero-order valence-corrected chi connectivity index (χ0v) is 38.8. The number of hydrogen-bond acceptors (Lipinski definition) is 3. The molecule has 334 valence electrons. The molecule has 3 heterocycles. The number of para-hydroxylation sites is 3. The smallest absolute Gasteiger partial charge is 0.187 e. The molecule has 0 aliphatic heterocycles. The van der Waals surface area contributed by atoms with Crippen LogP contribution in [0.2, 0.25) is 0 Å². The first-order chi connectivity index (χ1) is 35.6. The highest BCUT2D eigenvalue weighted by molar-refractivity contribution is 6.13. The molecule has 13 rings (SSSR count). The van der Waals surface area contributed by atoms with Gasteiger partial charge in [-0.05, 0) is 101 Å². The van der Waals surface area contributed by atoms with Crippen molar-refractivity contribution in [2.75, 3.05) is 0 Å². The van der Waals surface area contributed by atoms with Gasteiger partial charge in [0.15, 0.2) is 11.5 Å². The van der Waals surface area contributed by atoms with Gasteiger partial charge in [0.2, 0.25) is 0 Å². The topological polar surface area (TPSA) is 63.8 Å². The van der Waals surface area contributed by atoms with Crippen molar-refractivity contribution >= 4 is 49.3 Å². The molecule has 0 fully saturated rings. The molecule has 0 saturated carbocycles. The van der Waals surface area contributed by atoms with Gasteiger partial charge in [-0.3, -0.25) is 0 Å². The van der Waals surface area contributed by atoms with Crippen molar-refractivity contribution in [1.82, 2.24) is 19.1 Å². The molecule has 0 saturated heterocycles. The van der Waals surface area contributed by atoms with Gasteiger partial charge in [0.05, 0.1) is 63.0 Å². The zero-order valence-electron chi connectivity index (χ0n) is 38.8. The minimum Gasteiger partial charge on any atom is -0.309 e. The predicted molar refractivity (Wildman–Crippen MR) is 294 cm³/mol. The standard InChI is InChI=1S/C66H40N6/c1-68-51-23-15-22-47(37-51)49-31-34-64-56(39-49)53-25-9-13-29-62(53)72(64)65-35-32-50(59-41-58(44-17-4-2-5-18-44)69-66(70-59)45-19-6-3-7-20-45)40-57(65)54-26-10-12-28-61(54)71-60-27-11-8-24-52(60)55-38-48(30-33-63(55)71)46-21-14-16-43(36-46)42-67/h2-41H. The largest absolute Gasteiger partial charge is 0.309 e. The summed E-state index contributed by atoms with van der Waals surface area (Å²) in [4.78, 5) is 14.2. The molecule has 6 heteroatoms. The third-order valence-electron chi connectivity index (χ3n) is 13.8. The Morgan fingerprint density at radius 2 is 0.861 bits per heavy atom. The van der Waals surface area contributed by atoms with Crippen LogP contribution in [0.1, 0.15) is 5.56 Å². The summed E-state index contributed by atoms with van der Waals surface area (Å²) in [5, 5.41) is 14.3. The average molecular weight is 917 g/mol. The molecule has 0 N–H and O–H groups in total. The van der Waals surface area contributed by atoms with E-state index in [0.717, 1.165) is 116 Å². The Kier molecular flexibility index (Phi) is 10.2. The molecule has 13 aromatic rings. The Hall–Kier alpha value is -10.1. The number of hydrogen-bond donors (Lipinski definition) is 0. The van der Waals surface area contributed by atoms with E-state index < -0.39 is 0 Å². The molecule has 72 heavy (non-hydrogen) atoms. The fourth-order valence-electron chi connectivity index (χ4n) is 10.4. The molecule has 0 unspecified atom stereocenters. The number of nitrogens with zero attached hydrogens (tertiary/aromatic N) is 6. The van der Waals surface area contributed by atoms with E-state index >= 15 is 0 Å². The summed E-state index contributed by atoms with van der Waals surface area (Å²) in [6, 6.07) is 86.6. The molecule has 0 spiro atoms. The number of fused-ring (bicyclic) bond motifs is 6. The zero-order chi connectivity index (χ0) is 48.1. The summed E-state index contributed by atoms with van der Waals surface area (Å²) < 4.78 is 4.80. The van der Waals surface area contributed by atoms with Crippen molar-refractivity contribution in [2.24, 2.45) is 0 Å². The van der Waals surface area contributed by atoms with E-state index in [9.17, 15) is 5.26 Å². The molecule has 3 aromatic heterocycles. The molecular weight excluding hydrogens is 877 g/mol. The first-order valence-electron chi connectivity index (χ1n) is 23.9. The Bertz CT molecular complexity index is 4300. The van der Waals surface area contributed by atoms with E-state index in [0.29, 0.717) is 17.1 Å². The van der Waals surface area contributed by atoms with Crippen molar-refractivity contribution in [1.29, 1.82) is 5.26 Å². The lowest BCUT2D eigenvalue weighted by Crippen LogP contribution is -2.02. The maximum Gasteiger partial charge on any atom is 0.187 e. The van der Waals surface area contributed by atoms with Crippen LogP contribution in [0, 0.1) is 17.9 Å². The minimum atomic E-state index is 0.614. The van der Waals surface area contributed by atoms with Gasteiger partial charge in [0, 0.05) is 49.4 Å². The highest BCUT2D eigenvalue weighted by atomic mass is 15.0. The minimum absolute atomic E-state index is 0.614. The monoisotopic (exact) mass is 916 g/mol. The number of nitriles is 1. The summed E-state index contributed by atoms with van der Waals surface area (Å²) in [6.07, 6.45) is 0. The Morgan fingerprint density at radius 1 is 0.361 bits per heavy atom. The van der Waals surface area contributed by atoms with E-state index in [-0.39, 0.29) is 0 Å². The second-order valence-corrected chi connectivity index (χ2v) is 18.0. The van der Waals surface area contributed by atoms with Gasteiger partial charge >= 0.3 is 0 Å². The van der Waals surface area contributed by atoms with E-state index in [4.69, 9.17) is 16.5 Å². The SMILES string of the molecule is [C-]#[N+]c1cccc(-c2ccc3c(c2)c2ccccc2n3-c2ccc(-c3cc(-c4ccccc4)nc(-c4ccccc4)n3)cc2-c2ccccc2-n2c3ccccc3c3cc(-c4cccc(C#N)c4)ccc32)c1. The van der Waals surface area contributed by atoms with Crippen LogP contribution in [0.5, 0.6) is 0 Å². The number of rotatable bonds is 8. The molecule has 0 aliphatic carbocycles. The maximum atomic E-state index is 9.76. The van der Waals surface area contributed by atoms with Crippen LogP contribution in [0.25, 0.3) is 127 Å². The van der Waals surface area contributed by atoms with Crippen LogP contribution in [-0.4, -0.2) is 19.1 Å². The lowest BCUT2D eigenvalue weighted by atomic mass is 9.96. The van der Waals surface area contributed by atoms with Gasteiger partial charge in [-0.2, -0.15) is 5.26 Å². The number of benzene rings is 10. The Morgan fingerprint density at radius 3 is 1.51 bits per heavy atom. The van der Waals surface area contributed by atoms with Gasteiger partial charge in [0.25, 0.3) is 0 Å². The van der Waals surface area contributed by atoms with Gasteiger partial charge < -0.3 is 9.13 Å². The van der Waals surface area contributed by atoms with Crippen molar-refractivity contribution in [3.63, 3.8) is 0 Å². The molecule has 0 aliphatic rings. The molecule has 0 radical (unpaired) electrons. The summed E-state index contributed by atoms with van der Waals surface area (Å²) in [6.45, 7) is 7.70. The van der Waals surface area contributed by atoms with Crippen LogP contribution in [-0.2, 0) is 0 Å². The molecule has 0 bridgehead atoms. The maximum absolute atomic E-state index is 9.76. The fourth-order valence-corrected chi connectivity index (χ4v) is 10.4. The van der Waals surface area contributed by atoms with Crippen molar-refractivity contribution < 1.29 is 0 Å². The summed E-state index contributed by atoms with van der Waals surface area (Å²) in [5.41, 5.74) is 18.3. The first-order valence-corrected chi connectivity index (χ1v) is 23.9. The van der Waals surface area contributed by atoms with Gasteiger partial charge in [-0.15, -0.1) is 0 Å². The Labute approximate surface area is 416 Å². The van der Waals surface area contributed by atoms with Crippen molar-refractivity contribution in [2.45, 2.75) is 0 Å². The average Bonchev–Trinajstić information content (AvgIpc) is 3.97. The molecule has 0 amide bonds. The van der Waals surface area contributed by atoms with E-state index in [2.05, 4.69) is 190 Å². The lowest BCUT2D eigenvalue weighted by molar-refractivity contribution is 1.16. The van der Waals surface area contributed by atoms with Crippen molar-refractivity contribution in [3.8, 4) is 84.7 Å². The van der Waals surface area contributed by atoms with Crippen LogP contribution in [0.4, 0.5) is 5.69 Å². The first kappa shape index (κ1) is 42.0. The van der Waals surface area contributed by atoms with Gasteiger partial charge in [-0.25, -0.2) is 14.8 Å². The predicted octanol–water partition coefficient (Wildman–Crippen LogP) is 17.1. The van der Waals surface area contributed by atoms with Gasteiger partial charge in [0.1, 0.15) is 0 Å². The quantitative estimate of drug-likeness (QED) is 0.143. The molecular formula is C66H40N6. The third kappa shape index (κ3) is 7.19. The second kappa shape index (κ2) is 17.4. The Balaban J connectivity index is 1.08. The fraction of sp³-hybridized carbons (Fsp3) is 0. The lowest BCUT2D eigenvalue weighted by Gasteiger charge is -2.20. The van der Waals surface area contributed by atoms with Crippen LogP contribution >= 0.6 is 0 Å². The molecule has 0 atom stereocenters. The summed E-state index contributed by atoms with van der Waals surface area (Å²) in [5.74, 6) is 0.655. The highest BCUT2D eigenvalue weighted by Crippen LogP contribution is 2.44. The van der Waals surface area contributed by atoms with Crippen LogP contribution in [0.3, 0.4) is 0 Å². The van der Waals surface area contributed by atoms with E-state index in [1.165, 1.54) is 0 Å². The second-order valence-electron chi connectivity index (χ2n) is 18.0. The van der Waals surface area contributed by atoms with Crippen LogP contribution < -0.4 is 0 Å². The summed E-state index contributed by atoms with van der Waals surface area (Å²) >= 11 is 0. The highest BCUT2D eigenvalue weighted by Gasteiger charge is 2.22. The van der Waals surface area contributed by atoms with E-state index in [1.54, 1.807) is 0 Å². The van der Waals surface area contributed by atoms with Crippen LogP contribution in [0.15, 0.2) is 243 Å². The normalized spacial score (nSPS) is 11.3. The van der Waals surface area contributed by atoms with E-state index in [1.807, 2.05) is 72.8 Å². The molecule has 6 nitrogen and oxygen atoms in total. The third-order valence-corrected chi connectivity index (χ3v) is 13.8.